The first kappa shape index (κ1) is 14.7. The van der Waals surface area contributed by atoms with Crippen LogP contribution in [0.3, 0.4) is 0 Å². The van der Waals surface area contributed by atoms with Crippen molar-refractivity contribution in [2.24, 2.45) is 5.41 Å². The van der Waals surface area contributed by atoms with E-state index in [2.05, 4.69) is 13.8 Å². The zero-order valence-electron chi connectivity index (χ0n) is 12.2. The Balaban J connectivity index is 2.10. The molecular weight excluding hydrogens is 254 g/mol. The number of likely N-dealkylation sites (tertiary alicyclic amines) is 1. The van der Waals surface area contributed by atoms with Crippen molar-refractivity contribution in [3.8, 4) is 11.5 Å². The number of hydrogen-bond donors (Lipinski definition) is 2. The molecule has 1 aliphatic rings. The summed E-state index contributed by atoms with van der Waals surface area (Å²) in [6, 6.07) is 4.07. The van der Waals surface area contributed by atoms with Gasteiger partial charge in [0, 0.05) is 13.1 Å². The molecule has 4 nitrogen and oxygen atoms in total. The molecule has 20 heavy (non-hydrogen) atoms. The molecule has 0 atom stereocenters. The van der Waals surface area contributed by atoms with Crippen LogP contribution in [0.1, 0.15) is 49.9 Å². The second-order valence-corrected chi connectivity index (χ2v) is 5.70. The first-order valence-electron chi connectivity index (χ1n) is 7.32. The van der Waals surface area contributed by atoms with Gasteiger partial charge in [0.1, 0.15) is 11.5 Å². The number of carbonyl (C=O) groups excluding carboxylic acids is 1. The maximum atomic E-state index is 12.4. The van der Waals surface area contributed by atoms with Crippen LogP contribution in [0.25, 0.3) is 0 Å². The minimum Gasteiger partial charge on any atom is -0.508 e. The summed E-state index contributed by atoms with van der Waals surface area (Å²) in [7, 11) is 0. The molecule has 0 aromatic heterocycles. The summed E-state index contributed by atoms with van der Waals surface area (Å²) in [6.07, 6.45) is 4.29. The molecule has 0 radical (unpaired) electrons. The standard InChI is InChI=1S/C16H23NO3/c1-3-16(4-2)7-9-17(10-8-16)15(20)13-11-12(18)5-6-14(13)19/h5-6,11,18-19H,3-4,7-10H2,1-2H3. The smallest absolute Gasteiger partial charge is 0.257 e. The lowest BCUT2D eigenvalue weighted by atomic mass is 9.74. The van der Waals surface area contributed by atoms with Gasteiger partial charge in [0.05, 0.1) is 5.56 Å². The first-order valence-corrected chi connectivity index (χ1v) is 7.32. The molecule has 0 bridgehead atoms. The van der Waals surface area contributed by atoms with E-state index in [1.165, 1.54) is 18.2 Å². The number of phenolic OH excluding ortho intramolecular Hbond substituents is 2. The van der Waals surface area contributed by atoms with Gasteiger partial charge < -0.3 is 15.1 Å². The molecular formula is C16H23NO3. The first-order chi connectivity index (χ1) is 9.51. The van der Waals surface area contributed by atoms with Crippen LogP contribution in [0.15, 0.2) is 18.2 Å². The summed E-state index contributed by atoms with van der Waals surface area (Å²) in [5, 5.41) is 19.2. The van der Waals surface area contributed by atoms with E-state index < -0.39 is 0 Å². The van der Waals surface area contributed by atoms with Gasteiger partial charge in [0.2, 0.25) is 0 Å². The van der Waals surface area contributed by atoms with Gasteiger partial charge in [0.15, 0.2) is 0 Å². The number of amides is 1. The fourth-order valence-corrected chi connectivity index (χ4v) is 3.01. The summed E-state index contributed by atoms with van der Waals surface area (Å²) in [4.78, 5) is 14.2. The highest BCUT2D eigenvalue weighted by atomic mass is 16.3. The van der Waals surface area contributed by atoms with E-state index in [1.807, 2.05) is 0 Å². The van der Waals surface area contributed by atoms with E-state index in [-0.39, 0.29) is 23.0 Å². The SMILES string of the molecule is CCC1(CC)CCN(C(=O)c2cc(O)ccc2O)CC1. The van der Waals surface area contributed by atoms with E-state index in [0.29, 0.717) is 5.41 Å². The Morgan fingerprint density at radius 1 is 1.20 bits per heavy atom. The molecule has 1 saturated heterocycles. The van der Waals surface area contributed by atoms with Crippen LogP contribution in [0.5, 0.6) is 11.5 Å². The Morgan fingerprint density at radius 3 is 2.35 bits per heavy atom. The highest BCUT2D eigenvalue weighted by Gasteiger charge is 2.33. The second-order valence-electron chi connectivity index (χ2n) is 5.70. The van der Waals surface area contributed by atoms with E-state index >= 15 is 0 Å². The zero-order chi connectivity index (χ0) is 14.8. The van der Waals surface area contributed by atoms with Crippen LogP contribution in [0.4, 0.5) is 0 Å². The van der Waals surface area contributed by atoms with Gasteiger partial charge in [-0.3, -0.25) is 4.79 Å². The van der Waals surface area contributed by atoms with Crippen LogP contribution in [0, 0.1) is 5.41 Å². The molecule has 110 valence electrons. The lowest BCUT2D eigenvalue weighted by molar-refractivity contribution is 0.0555. The maximum Gasteiger partial charge on any atom is 0.257 e. The molecule has 0 unspecified atom stereocenters. The number of rotatable bonds is 3. The highest BCUT2D eigenvalue weighted by molar-refractivity contribution is 5.97. The summed E-state index contributed by atoms with van der Waals surface area (Å²) >= 11 is 0. The minimum absolute atomic E-state index is 0.000349. The van der Waals surface area contributed by atoms with Crippen molar-refractivity contribution in [1.29, 1.82) is 0 Å². The van der Waals surface area contributed by atoms with E-state index in [0.717, 1.165) is 38.8 Å². The van der Waals surface area contributed by atoms with E-state index in [1.54, 1.807) is 4.90 Å². The topological polar surface area (TPSA) is 60.8 Å². The fourth-order valence-electron chi connectivity index (χ4n) is 3.01. The Hall–Kier alpha value is -1.71. The second kappa shape index (κ2) is 5.73. The number of phenols is 2. The molecule has 1 aromatic carbocycles. The Labute approximate surface area is 120 Å². The van der Waals surface area contributed by atoms with E-state index in [9.17, 15) is 15.0 Å². The molecule has 0 saturated carbocycles. The molecule has 1 aromatic rings. The van der Waals surface area contributed by atoms with Gasteiger partial charge in [-0.25, -0.2) is 0 Å². The minimum atomic E-state index is -0.195. The molecule has 2 N–H and O–H groups in total. The van der Waals surface area contributed by atoms with Crippen molar-refractivity contribution >= 4 is 5.91 Å². The number of piperidine rings is 1. The van der Waals surface area contributed by atoms with Crippen molar-refractivity contribution in [3.05, 3.63) is 23.8 Å². The quantitative estimate of drug-likeness (QED) is 0.834. The molecule has 1 fully saturated rings. The molecule has 0 aliphatic carbocycles. The van der Waals surface area contributed by atoms with Crippen LogP contribution in [-0.2, 0) is 0 Å². The number of carbonyl (C=O) groups is 1. The van der Waals surface area contributed by atoms with Gasteiger partial charge in [-0.1, -0.05) is 26.7 Å². The number of aromatic hydroxyl groups is 2. The molecule has 4 heteroatoms. The van der Waals surface area contributed by atoms with Gasteiger partial charge in [-0.05, 0) is 36.5 Å². The van der Waals surface area contributed by atoms with Crippen molar-refractivity contribution < 1.29 is 15.0 Å². The maximum absolute atomic E-state index is 12.4. The summed E-state index contributed by atoms with van der Waals surface area (Å²) in [5.74, 6) is -0.269. The van der Waals surface area contributed by atoms with Crippen LogP contribution in [-0.4, -0.2) is 34.1 Å². The van der Waals surface area contributed by atoms with Crippen molar-refractivity contribution in [2.45, 2.75) is 39.5 Å². The third-order valence-electron chi connectivity index (χ3n) is 4.82. The van der Waals surface area contributed by atoms with Gasteiger partial charge >= 0.3 is 0 Å². The van der Waals surface area contributed by atoms with Crippen molar-refractivity contribution in [3.63, 3.8) is 0 Å². The average molecular weight is 277 g/mol. The lowest BCUT2D eigenvalue weighted by Gasteiger charge is -2.41. The third-order valence-corrected chi connectivity index (χ3v) is 4.82. The predicted molar refractivity (Wildman–Crippen MR) is 77.9 cm³/mol. The zero-order valence-corrected chi connectivity index (χ0v) is 12.2. The van der Waals surface area contributed by atoms with Crippen LogP contribution in [0.2, 0.25) is 0 Å². The average Bonchev–Trinajstić information content (AvgIpc) is 2.49. The summed E-state index contributed by atoms with van der Waals surface area (Å²) in [6.45, 7) is 5.86. The van der Waals surface area contributed by atoms with Crippen LogP contribution >= 0.6 is 0 Å². The summed E-state index contributed by atoms with van der Waals surface area (Å²) in [5.41, 5.74) is 0.544. The molecule has 1 amide bonds. The Morgan fingerprint density at radius 2 is 1.80 bits per heavy atom. The van der Waals surface area contributed by atoms with Gasteiger partial charge in [-0.2, -0.15) is 0 Å². The third kappa shape index (κ3) is 2.74. The fraction of sp³-hybridized carbons (Fsp3) is 0.562. The monoisotopic (exact) mass is 277 g/mol. The molecule has 1 heterocycles. The Kier molecular flexibility index (Phi) is 4.21. The predicted octanol–water partition coefficient (Wildman–Crippen LogP) is 3.14. The summed E-state index contributed by atoms with van der Waals surface area (Å²) < 4.78 is 0. The Bertz CT molecular complexity index is 484. The van der Waals surface area contributed by atoms with Gasteiger partial charge in [-0.15, -0.1) is 0 Å². The molecule has 0 spiro atoms. The number of hydrogen-bond acceptors (Lipinski definition) is 3. The normalized spacial score (nSPS) is 18.0. The molecule has 1 aliphatic heterocycles. The largest absolute Gasteiger partial charge is 0.508 e. The van der Waals surface area contributed by atoms with Crippen LogP contribution < -0.4 is 0 Å². The van der Waals surface area contributed by atoms with Crippen molar-refractivity contribution in [1.82, 2.24) is 4.90 Å². The number of nitrogens with zero attached hydrogens (tertiary/aromatic N) is 1. The van der Waals surface area contributed by atoms with Gasteiger partial charge in [0.25, 0.3) is 5.91 Å². The lowest BCUT2D eigenvalue weighted by Crippen LogP contribution is -2.42. The van der Waals surface area contributed by atoms with Crippen molar-refractivity contribution in [2.75, 3.05) is 13.1 Å². The highest BCUT2D eigenvalue weighted by Crippen LogP contribution is 2.38. The molecule has 2 rings (SSSR count). The number of benzene rings is 1. The van der Waals surface area contributed by atoms with E-state index in [4.69, 9.17) is 0 Å².